The zero-order valence-electron chi connectivity index (χ0n) is 19.3. The van der Waals surface area contributed by atoms with Crippen molar-refractivity contribution >= 4 is 38.6 Å². The molecule has 0 saturated carbocycles. The van der Waals surface area contributed by atoms with Crippen LogP contribution in [-0.2, 0) is 16.6 Å². The van der Waals surface area contributed by atoms with E-state index in [1.165, 1.54) is 10.5 Å². The first-order valence-electron chi connectivity index (χ1n) is 10.9. The van der Waals surface area contributed by atoms with E-state index in [0.29, 0.717) is 16.8 Å². The van der Waals surface area contributed by atoms with E-state index in [1.54, 1.807) is 36.4 Å². The predicted molar refractivity (Wildman–Crippen MR) is 139 cm³/mol. The van der Waals surface area contributed by atoms with Gasteiger partial charge >= 0.3 is 0 Å². The molecule has 1 amide bonds. The summed E-state index contributed by atoms with van der Waals surface area (Å²) in [6.45, 7) is 2.12. The number of nitrogens with one attached hydrogen (secondary N) is 1. The van der Waals surface area contributed by atoms with Crippen molar-refractivity contribution in [3.05, 3.63) is 107 Å². The van der Waals surface area contributed by atoms with E-state index in [1.807, 2.05) is 55.5 Å². The van der Waals surface area contributed by atoms with Gasteiger partial charge in [0.05, 0.1) is 24.7 Å². The van der Waals surface area contributed by atoms with Gasteiger partial charge in [0.2, 0.25) is 10.0 Å². The molecule has 4 aromatic rings. The molecule has 0 aromatic heterocycles. The largest absolute Gasteiger partial charge is 0.507 e. The van der Waals surface area contributed by atoms with Crippen molar-refractivity contribution < 1.29 is 18.3 Å². The van der Waals surface area contributed by atoms with Gasteiger partial charge in [0.1, 0.15) is 5.75 Å². The van der Waals surface area contributed by atoms with Gasteiger partial charge in [-0.1, -0.05) is 54.6 Å². The van der Waals surface area contributed by atoms with Crippen LogP contribution in [0.25, 0.3) is 10.8 Å². The first kappa shape index (κ1) is 24.0. The Labute approximate surface area is 204 Å². The number of hydrazone groups is 1. The lowest BCUT2D eigenvalue weighted by atomic mass is 10.0. The minimum Gasteiger partial charge on any atom is -0.507 e. The number of phenolic OH excluding ortho intramolecular Hbond substituents is 1. The number of sulfonamides is 1. The number of anilines is 1. The van der Waals surface area contributed by atoms with Gasteiger partial charge in [-0.15, -0.1) is 0 Å². The topological polar surface area (TPSA) is 99.1 Å². The van der Waals surface area contributed by atoms with Crippen LogP contribution in [-0.4, -0.2) is 31.9 Å². The van der Waals surface area contributed by atoms with Crippen LogP contribution in [0.15, 0.2) is 90.0 Å². The Kier molecular flexibility index (Phi) is 6.84. The van der Waals surface area contributed by atoms with Crippen LogP contribution in [0.2, 0.25) is 0 Å². The first-order valence-corrected chi connectivity index (χ1v) is 12.8. The third-order valence-electron chi connectivity index (χ3n) is 5.70. The van der Waals surface area contributed by atoms with Crippen molar-refractivity contribution in [2.75, 3.05) is 10.6 Å². The van der Waals surface area contributed by atoms with E-state index in [4.69, 9.17) is 0 Å². The molecule has 8 heteroatoms. The normalized spacial score (nSPS) is 11.6. The number of aryl methyl sites for hydroxylation is 1. The van der Waals surface area contributed by atoms with E-state index >= 15 is 0 Å². The number of aromatic hydroxyl groups is 1. The maximum atomic E-state index is 12.6. The second kappa shape index (κ2) is 9.99. The molecule has 0 heterocycles. The maximum Gasteiger partial charge on any atom is 0.271 e. The molecule has 0 atom stereocenters. The summed E-state index contributed by atoms with van der Waals surface area (Å²) in [5.74, 6) is -0.405. The summed E-state index contributed by atoms with van der Waals surface area (Å²) < 4.78 is 26.2. The van der Waals surface area contributed by atoms with E-state index in [9.17, 15) is 18.3 Å². The van der Waals surface area contributed by atoms with Crippen LogP contribution < -0.4 is 9.73 Å². The van der Waals surface area contributed by atoms with Crippen LogP contribution in [0.4, 0.5) is 5.69 Å². The molecule has 0 bridgehead atoms. The minimum absolute atomic E-state index is 0.0561. The Bertz CT molecular complexity index is 1510. The molecule has 35 heavy (non-hydrogen) atoms. The monoisotopic (exact) mass is 487 g/mol. The second-order valence-electron chi connectivity index (χ2n) is 8.16. The highest BCUT2D eigenvalue weighted by Gasteiger charge is 2.19. The highest BCUT2D eigenvalue weighted by Crippen LogP contribution is 2.25. The molecule has 0 aliphatic rings. The zero-order chi connectivity index (χ0) is 25.0. The van der Waals surface area contributed by atoms with Crippen LogP contribution in [0, 0.1) is 6.92 Å². The fourth-order valence-corrected chi connectivity index (χ4v) is 4.64. The van der Waals surface area contributed by atoms with Gasteiger partial charge in [-0.2, -0.15) is 5.10 Å². The van der Waals surface area contributed by atoms with Crippen molar-refractivity contribution in [2.24, 2.45) is 5.10 Å². The summed E-state index contributed by atoms with van der Waals surface area (Å²) >= 11 is 0. The quantitative estimate of drug-likeness (QED) is 0.294. The van der Waals surface area contributed by atoms with Gasteiger partial charge in [0.25, 0.3) is 5.91 Å². The number of carbonyl (C=O) groups is 1. The average molecular weight is 488 g/mol. The van der Waals surface area contributed by atoms with Gasteiger partial charge < -0.3 is 5.11 Å². The summed E-state index contributed by atoms with van der Waals surface area (Å²) in [5, 5.41) is 16.0. The number of nitrogens with zero attached hydrogens (tertiary/aromatic N) is 2. The molecular weight excluding hydrogens is 462 g/mol. The summed E-state index contributed by atoms with van der Waals surface area (Å²) in [5.41, 5.74) is 5.61. The fraction of sp³-hybridized carbons (Fsp3) is 0.111. The third kappa shape index (κ3) is 5.50. The van der Waals surface area contributed by atoms with Crippen LogP contribution >= 0.6 is 0 Å². The summed E-state index contributed by atoms with van der Waals surface area (Å²) in [4.78, 5) is 12.6. The van der Waals surface area contributed by atoms with Crippen molar-refractivity contribution in [1.82, 2.24) is 5.43 Å². The van der Waals surface area contributed by atoms with E-state index < -0.39 is 15.9 Å². The molecule has 0 spiro atoms. The Hall–Kier alpha value is -4.17. The minimum atomic E-state index is -3.55. The molecular formula is C27H25N3O4S. The fourth-order valence-electron chi connectivity index (χ4n) is 3.76. The molecule has 4 rings (SSSR count). The highest BCUT2D eigenvalue weighted by molar-refractivity contribution is 7.92. The summed E-state index contributed by atoms with van der Waals surface area (Å²) in [7, 11) is -3.55. The number of rotatable bonds is 7. The number of hydrogen-bond donors (Lipinski definition) is 2. The molecule has 0 fully saturated rings. The second-order valence-corrected chi connectivity index (χ2v) is 10.1. The molecule has 0 aliphatic heterocycles. The lowest BCUT2D eigenvalue weighted by Gasteiger charge is -2.23. The third-order valence-corrected chi connectivity index (χ3v) is 6.84. The number of hydrogen-bond acceptors (Lipinski definition) is 5. The van der Waals surface area contributed by atoms with Gasteiger partial charge in [0.15, 0.2) is 0 Å². The van der Waals surface area contributed by atoms with E-state index in [2.05, 4.69) is 10.5 Å². The van der Waals surface area contributed by atoms with Crippen molar-refractivity contribution in [3.63, 3.8) is 0 Å². The number of fused-ring (bicyclic) bond motifs is 1. The Balaban J connectivity index is 1.51. The van der Waals surface area contributed by atoms with Crippen molar-refractivity contribution in [2.45, 2.75) is 13.5 Å². The lowest BCUT2D eigenvalue weighted by molar-refractivity contribution is 0.0955. The van der Waals surface area contributed by atoms with Gasteiger partial charge in [-0.25, -0.2) is 13.8 Å². The van der Waals surface area contributed by atoms with Crippen molar-refractivity contribution in [1.29, 1.82) is 0 Å². The highest BCUT2D eigenvalue weighted by atomic mass is 32.2. The Morgan fingerprint density at radius 1 is 0.971 bits per heavy atom. The van der Waals surface area contributed by atoms with Crippen LogP contribution in [0.1, 0.15) is 27.0 Å². The standard InChI is InChI=1S/C27H25N3O4S/c1-19-7-3-4-9-22(19)18-30(35(2,33)34)23-14-11-21(12-15-23)27(32)29-28-17-25-24-10-6-5-8-20(24)13-16-26(25)31/h3-17,31H,18H2,1-2H3,(H,29,32)/b28-17-. The maximum absolute atomic E-state index is 12.6. The first-order chi connectivity index (χ1) is 16.7. The van der Waals surface area contributed by atoms with E-state index in [-0.39, 0.29) is 12.3 Å². The molecule has 4 aromatic carbocycles. The molecule has 0 unspecified atom stereocenters. The SMILES string of the molecule is Cc1ccccc1CN(c1ccc(C(=O)N/N=C\c2c(O)ccc3ccccc23)cc1)S(C)(=O)=O. The van der Waals surface area contributed by atoms with Gasteiger partial charge in [-0.05, 0) is 59.2 Å². The Morgan fingerprint density at radius 2 is 1.66 bits per heavy atom. The Morgan fingerprint density at radius 3 is 2.37 bits per heavy atom. The number of phenols is 1. The van der Waals surface area contributed by atoms with Crippen molar-refractivity contribution in [3.8, 4) is 5.75 Å². The molecule has 0 radical (unpaired) electrons. The summed E-state index contributed by atoms with van der Waals surface area (Å²) in [6.07, 6.45) is 2.56. The molecule has 2 N–H and O–H groups in total. The number of carbonyl (C=O) groups excluding carboxylic acids is 1. The van der Waals surface area contributed by atoms with Gasteiger partial charge in [-0.3, -0.25) is 9.10 Å². The molecule has 178 valence electrons. The molecule has 7 nitrogen and oxygen atoms in total. The van der Waals surface area contributed by atoms with Crippen LogP contribution in [0.5, 0.6) is 5.75 Å². The smallest absolute Gasteiger partial charge is 0.271 e. The number of benzene rings is 4. The zero-order valence-corrected chi connectivity index (χ0v) is 20.2. The summed E-state index contributed by atoms with van der Waals surface area (Å²) in [6, 6.07) is 24.8. The predicted octanol–water partition coefficient (Wildman–Crippen LogP) is 4.58. The molecule has 0 aliphatic carbocycles. The average Bonchev–Trinajstić information content (AvgIpc) is 2.84. The van der Waals surface area contributed by atoms with Crippen LogP contribution in [0.3, 0.4) is 0 Å². The molecule has 0 saturated heterocycles. The van der Waals surface area contributed by atoms with Gasteiger partial charge in [0, 0.05) is 11.1 Å². The lowest BCUT2D eigenvalue weighted by Crippen LogP contribution is -2.29. The number of amides is 1. The van der Waals surface area contributed by atoms with E-state index in [0.717, 1.165) is 28.2 Å².